The molecule has 7 heteroatoms. The Balaban J connectivity index is 0.00000225. The van der Waals surface area contributed by atoms with E-state index < -0.39 is 0 Å². The van der Waals surface area contributed by atoms with Gasteiger partial charge in [-0.25, -0.2) is 0 Å². The molecule has 2 aliphatic heterocycles. The first kappa shape index (κ1) is 20.5. The van der Waals surface area contributed by atoms with Crippen LogP contribution in [0.1, 0.15) is 24.8 Å². The molecule has 25 heavy (non-hydrogen) atoms. The lowest BCUT2D eigenvalue weighted by Crippen LogP contribution is -2.44. The molecule has 0 spiro atoms. The third-order valence-electron chi connectivity index (χ3n) is 5.35. The van der Waals surface area contributed by atoms with Crippen molar-refractivity contribution in [1.29, 1.82) is 0 Å². The minimum atomic E-state index is 0. The van der Waals surface area contributed by atoms with Crippen molar-refractivity contribution in [2.45, 2.75) is 25.7 Å². The van der Waals surface area contributed by atoms with Gasteiger partial charge < -0.3 is 15.1 Å². The number of aryl methyl sites for hydroxylation is 1. The summed E-state index contributed by atoms with van der Waals surface area (Å²) < 4.78 is 1.89. The molecule has 3 heterocycles. The predicted octanol–water partition coefficient (Wildman–Crippen LogP) is 1.82. The summed E-state index contributed by atoms with van der Waals surface area (Å²) in [6.45, 7) is 5.69. The van der Waals surface area contributed by atoms with Gasteiger partial charge >= 0.3 is 0 Å². The maximum absolute atomic E-state index is 4.52. The van der Waals surface area contributed by atoms with Gasteiger partial charge in [-0.05, 0) is 56.7 Å². The van der Waals surface area contributed by atoms with Crippen LogP contribution < -0.4 is 5.32 Å². The van der Waals surface area contributed by atoms with Crippen LogP contribution in [0.4, 0.5) is 0 Å². The number of aromatic nitrogens is 2. The van der Waals surface area contributed by atoms with E-state index in [1.165, 1.54) is 37.9 Å². The van der Waals surface area contributed by atoms with Crippen LogP contribution in [0, 0.1) is 11.8 Å². The lowest BCUT2D eigenvalue weighted by Gasteiger charge is -2.31. The summed E-state index contributed by atoms with van der Waals surface area (Å²) >= 11 is 0. The maximum atomic E-state index is 4.52. The zero-order valence-corrected chi connectivity index (χ0v) is 18.1. The largest absolute Gasteiger partial charge is 0.356 e. The Hall–Kier alpha value is -0.830. The first-order valence-electron chi connectivity index (χ1n) is 9.25. The van der Waals surface area contributed by atoms with E-state index in [1.807, 2.05) is 25.0 Å². The number of piperidine rings is 1. The Bertz CT molecular complexity index is 558. The van der Waals surface area contributed by atoms with Crippen LogP contribution >= 0.6 is 24.0 Å². The highest BCUT2D eigenvalue weighted by molar-refractivity contribution is 14.0. The minimum Gasteiger partial charge on any atom is -0.356 e. The highest BCUT2D eigenvalue weighted by Crippen LogP contribution is 2.21. The summed E-state index contributed by atoms with van der Waals surface area (Å²) in [5.41, 5.74) is 1.34. The number of guanidine groups is 1. The average molecular weight is 460 g/mol. The van der Waals surface area contributed by atoms with E-state index in [-0.39, 0.29) is 24.0 Å². The van der Waals surface area contributed by atoms with Gasteiger partial charge in [-0.2, -0.15) is 5.10 Å². The molecule has 0 radical (unpaired) electrons. The quantitative estimate of drug-likeness (QED) is 0.423. The molecule has 1 N–H and O–H groups in total. The summed E-state index contributed by atoms with van der Waals surface area (Å²) in [5, 5.41) is 7.90. The van der Waals surface area contributed by atoms with Gasteiger partial charge in [0.05, 0.1) is 6.20 Å². The molecule has 2 saturated heterocycles. The van der Waals surface area contributed by atoms with Crippen molar-refractivity contribution in [1.82, 2.24) is 24.9 Å². The van der Waals surface area contributed by atoms with Gasteiger partial charge in [0, 0.05) is 46.5 Å². The van der Waals surface area contributed by atoms with E-state index >= 15 is 0 Å². The first-order valence-corrected chi connectivity index (χ1v) is 9.25. The molecule has 0 aromatic carbocycles. The Kier molecular flexibility index (Phi) is 7.99. The summed E-state index contributed by atoms with van der Waals surface area (Å²) in [7, 11) is 6.12. The van der Waals surface area contributed by atoms with Gasteiger partial charge in [-0.1, -0.05) is 0 Å². The van der Waals surface area contributed by atoms with Crippen LogP contribution in [0.25, 0.3) is 0 Å². The van der Waals surface area contributed by atoms with Crippen molar-refractivity contribution in [3.63, 3.8) is 0 Å². The smallest absolute Gasteiger partial charge is 0.193 e. The van der Waals surface area contributed by atoms with Crippen molar-refractivity contribution < 1.29 is 0 Å². The Labute approximate surface area is 169 Å². The number of hydrogen-bond donors (Lipinski definition) is 1. The molecule has 0 aliphatic carbocycles. The third kappa shape index (κ3) is 5.84. The van der Waals surface area contributed by atoms with Crippen LogP contribution in [-0.4, -0.2) is 72.4 Å². The second-order valence-electron chi connectivity index (χ2n) is 7.53. The molecule has 2 aliphatic rings. The van der Waals surface area contributed by atoms with E-state index in [0.717, 1.165) is 37.9 Å². The Morgan fingerprint density at radius 2 is 2.08 bits per heavy atom. The predicted molar refractivity (Wildman–Crippen MR) is 114 cm³/mol. The molecule has 0 amide bonds. The molecule has 0 bridgehead atoms. The molecule has 1 aromatic heterocycles. The van der Waals surface area contributed by atoms with Gasteiger partial charge in [0.25, 0.3) is 0 Å². The van der Waals surface area contributed by atoms with E-state index in [1.54, 1.807) is 0 Å². The van der Waals surface area contributed by atoms with Crippen molar-refractivity contribution in [3.8, 4) is 0 Å². The fraction of sp³-hybridized carbons (Fsp3) is 0.778. The highest BCUT2D eigenvalue weighted by Gasteiger charge is 2.26. The zero-order chi connectivity index (χ0) is 16.9. The van der Waals surface area contributed by atoms with Gasteiger partial charge in [-0.3, -0.25) is 9.67 Å². The van der Waals surface area contributed by atoms with Gasteiger partial charge in [0.1, 0.15) is 0 Å². The molecular weight excluding hydrogens is 427 g/mol. The second-order valence-corrected chi connectivity index (χ2v) is 7.53. The van der Waals surface area contributed by atoms with E-state index in [0.29, 0.717) is 5.92 Å². The zero-order valence-electron chi connectivity index (χ0n) is 15.8. The number of hydrogen-bond acceptors (Lipinski definition) is 3. The number of nitrogens with zero attached hydrogens (tertiary/aromatic N) is 5. The highest BCUT2D eigenvalue weighted by atomic mass is 127. The van der Waals surface area contributed by atoms with Gasteiger partial charge in [0.2, 0.25) is 0 Å². The SMILES string of the molecule is CN=C(NCC1CCCN(C)C1)N1CCC(Cc2cnn(C)c2)C1.I. The summed E-state index contributed by atoms with van der Waals surface area (Å²) in [6.07, 6.45) is 9.14. The molecule has 142 valence electrons. The number of aliphatic imine (C=N–C) groups is 1. The van der Waals surface area contributed by atoms with Gasteiger partial charge in [-0.15, -0.1) is 24.0 Å². The molecule has 2 unspecified atom stereocenters. The van der Waals surface area contributed by atoms with Crippen LogP contribution in [0.5, 0.6) is 0 Å². The lowest BCUT2D eigenvalue weighted by molar-refractivity contribution is 0.209. The van der Waals surface area contributed by atoms with Crippen molar-refractivity contribution in [2.75, 3.05) is 46.8 Å². The van der Waals surface area contributed by atoms with Crippen molar-refractivity contribution in [2.24, 2.45) is 23.9 Å². The van der Waals surface area contributed by atoms with Crippen molar-refractivity contribution >= 4 is 29.9 Å². The van der Waals surface area contributed by atoms with Crippen LogP contribution in [0.3, 0.4) is 0 Å². The number of halogens is 1. The summed E-state index contributed by atoms with van der Waals surface area (Å²) in [5.74, 6) is 2.53. The number of likely N-dealkylation sites (tertiary alicyclic amines) is 2. The van der Waals surface area contributed by atoms with E-state index in [2.05, 4.69) is 38.5 Å². The molecule has 2 fully saturated rings. The van der Waals surface area contributed by atoms with Crippen LogP contribution in [-0.2, 0) is 13.5 Å². The molecule has 3 rings (SSSR count). The first-order chi connectivity index (χ1) is 11.6. The topological polar surface area (TPSA) is 48.7 Å². The lowest BCUT2D eigenvalue weighted by atomic mass is 9.98. The van der Waals surface area contributed by atoms with Crippen molar-refractivity contribution in [3.05, 3.63) is 18.0 Å². The second kappa shape index (κ2) is 9.75. The molecular formula is C18H33IN6. The molecule has 0 saturated carbocycles. The molecule has 1 aromatic rings. The molecule has 6 nitrogen and oxygen atoms in total. The number of rotatable bonds is 4. The van der Waals surface area contributed by atoms with E-state index in [4.69, 9.17) is 0 Å². The third-order valence-corrected chi connectivity index (χ3v) is 5.35. The summed E-state index contributed by atoms with van der Waals surface area (Å²) in [4.78, 5) is 9.39. The average Bonchev–Trinajstić information content (AvgIpc) is 3.18. The van der Waals surface area contributed by atoms with Crippen LogP contribution in [0.2, 0.25) is 0 Å². The number of nitrogens with one attached hydrogen (secondary N) is 1. The van der Waals surface area contributed by atoms with Crippen LogP contribution in [0.15, 0.2) is 17.4 Å². The Morgan fingerprint density at radius 3 is 2.76 bits per heavy atom. The van der Waals surface area contributed by atoms with E-state index in [9.17, 15) is 0 Å². The maximum Gasteiger partial charge on any atom is 0.193 e. The Morgan fingerprint density at radius 1 is 1.24 bits per heavy atom. The normalized spacial score (nSPS) is 25.1. The fourth-order valence-corrected chi connectivity index (χ4v) is 4.11. The standard InChI is InChI=1S/C18H32N6.HI/c1-19-18(20-10-16-5-4-7-22(2)12-16)24-8-6-15(14-24)9-17-11-21-23(3)13-17;/h11,13,15-16H,4-10,12,14H2,1-3H3,(H,19,20);1H. The fourth-order valence-electron chi connectivity index (χ4n) is 4.11. The minimum absolute atomic E-state index is 0. The molecule has 2 atom stereocenters. The monoisotopic (exact) mass is 460 g/mol. The van der Waals surface area contributed by atoms with Gasteiger partial charge in [0.15, 0.2) is 5.96 Å². The summed E-state index contributed by atoms with van der Waals surface area (Å²) in [6, 6.07) is 0.